The highest BCUT2D eigenvalue weighted by Gasteiger charge is 2.41. The molecule has 0 aromatic heterocycles. The first-order valence-electron chi connectivity index (χ1n) is 11.7. The minimum Gasteiger partial charge on any atom is -0.491 e. The first kappa shape index (κ1) is 30.2. The third kappa shape index (κ3) is 10.5. The standard InChI is InChI=1S/C23H42O6Si3.CH4/c1-30(2,3)28-32(7,29-31(4,5)6)19-26-17-18-27-21-13-11-20(12-14-21)22(24)23(25)15-9-8-10-16-23;/h11-14,25H,8-10,15-19H2,1-7H3;1H4. The van der Waals surface area contributed by atoms with E-state index in [2.05, 4.69) is 45.8 Å². The van der Waals surface area contributed by atoms with E-state index in [1.165, 1.54) is 0 Å². The fourth-order valence-corrected chi connectivity index (χ4v) is 16.1. The fraction of sp³-hybridized carbons (Fsp3) is 0.708. The topological polar surface area (TPSA) is 74.2 Å². The van der Waals surface area contributed by atoms with Gasteiger partial charge in [-0.1, -0.05) is 26.7 Å². The molecule has 0 radical (unpaired) electrons. The van der Waals surface area contributed by atoms with E-state index in [1.54, 1.807) is 24.3 Å². The molecule has 1 N–H and O–H groups in total. The van der Waals surface area contributed by atoms with Gasteiger partial charge >= 0.3 is 8.56 Å². The third-order valence-electron chi connectivity index (χ3n) is 5.12. The third-order valence-corrected chi connectivity index (χ3v) is 14.2. The molecule has 0 unspecified atom stereocenters. The molecule has 0 aliphatic heterocycles. The highest BCUT2D eigenvalue weighted by Crippen LogP contribution is 2.31. The first-order chi connectivity index (χ1) is 14.7. The van der Waals surface area contributed by atoms with Crippen molar-refractivity contribution in [3.63, 3.8) is 0 Å². The molecule has 0 bridgehead atoms. The van der Waals surface area contributed by atoms with E-state index in [0.29, 0.717) is 43.6 Å². The predicted octanol–water partition coefficient (Wildman–Crippen LogP) is 5.91. The molecule has 0 heterocycles. The van der Waals surface area contributed by atoms with Crippen LogP contribution in [0.4, 0.5) is 0 Å². The van der Waals surface area contributed by atoms with Crippen LogP contribution in [-0.4, -0.2) is 61.1 Å². The fourth-order valence-electron chi connectivity index (χ4n) is 4.19. The summed E-state index contributed by atoms with van der Waals surface area (Å²) in [6.07, 6.45) is 4.46. The molecular weight excluding hydrogens is 469 g/mol. The van der Waals surface area contributed by atoms with Gasteiger partial charge in [-0.25, -0.2) is 0 Å². The Balaban J connectivity index is 0.00000544. The summed E-state index contributed by atoms with van der Waals surface area (Å²) in [6, 6.07) is 7.03. The largest absolute Gasteiger partial charge is 0.491 e. The van der Waals surface area contributed by atoms with Crippen LogP contribution in [0.3, 0.4) is 0 Å². The molecule has 0 saturated heterocycles. The van der Waals surface area contributed by atoms with Gasteiger partial charge in [-0.15, -0.1) is 0 Å². The maximum atomic E-state index is 12.7. The van der Waals surface area contributed by atoms with Crippen molar-refractivity contribution >= 4 is 31.0 Å². The average molecular weight is 515 g/mol. The predicted molar refractivity (Wildman–Crippen MR) is 142 cm³/mol. The van der Waals surface area contributed by atoms with Gasteiger partial charge in [0.05, 0.1) is 12.8 Å². The second-order valence-corrected chi connectivity index (χ2v) is 23.5. The molecule has 1 aliphatic carbocycles. The first-order valence-corrected chi connectivity index (χ1v) is 21.0. The van der Waals surface area contributed by atoms with Gasteiger partial charge in [-0.05, 0) is 82.9 Å². The van der Waals surface area contributed by atoms with Crippen LogP contribution in [0.5, 0.6) is 5.75 Å². The van der Waals surface area contributed by atoms with Crippen molar-refractivity contribution in [1.82, 2.24) is 0 Å². The van der Waals surface area contributed by atoms with Crippen molar-refractivity contribution in [3.05, 3.63) is 29.8 Å². The monoisotopic (exact) mass is 514 g/mol. The molecule has 0 amide bonds. The molecule has 0 spiro atoms. The molecule has 0 atom stereocenters. The minimum atomic E-state index is -2.41. The number of benzene rings is 1. The number of hydrogen-bond acceptors (Lipinski definition) is 6. The summed E-state index contributed by atoms with van der Waals surface area (Å²) in [5.41, 5.74) is -0.673. The maximum absolute atomic E-state index is 12.7. The Labute approximate surface area is 204 Å². The Kier molecular flexibility index (Phi) is 11.2. The lowest BCUT2D eigenvalue weighted by Gasteiger charge is -2.38. The molecule has 1 fully saturated rings. The summed E-state index contributed by atoms with van der Waals surface area (Å²) >= 11 is 0. The maximum Gasteiger partial charge on any atom is 0.341 e. The Morgan fingerprint density at radius 2 is 1.39 bits per heavy atom. The summed E-state index contributed by atoms with van der Waals surface area (Å²) < 4.78 is 24.6. The Bertz CT molecular complexity index is 718. The number of ether oxygens (including phenoxy) is 2. The quantitative estimate of drug-likeness (QED) is 0.212. The molecule has 1 aliphatic rings. The van der Waals surface area contributed by atoms with Crippen LogP contribution in [0.1, 0.15) is 49.9 Å². The number of hydrogen-bond donors (Lipinski definition) is 1. The van der Waals surface area contributed by atoms with Crippen LogP contribution < -0.4 is 4.74 Å². The van der Waals surface area contributed by atoms with Crippen molar-refractivity contribution < 1.29 is 27.6 Å². The summed E-state index contributed by atoms with van der Waals surface area (Å²) in [7, 11) is -5.90. The number of Topliss-reactive ketones (excluding diaryl/α,β-unsaturated/α-hetero) is 1. The van der Waals surface area contributed by atoms with Gasteiger partial charge < -0.3 is 22.8 Å². The van der Waals surface area contributed by atoms with Gasteiger partial charge in [0, 0.05) is 5.56 Å². The van der Waals surface area contributed by atoms with Gasteiger partial charge in [0.1, 0.15) is 18.0 Å². The van der Waals surface area contributed by atoms with Crippen molar-refractivity contribution in [3.8, 4) is 5.75 Å². The van der Waals surface area contributed by atoms with Gasteiger partial charge in [-0.2, -0.15) is 0 Å². The van der Waals surface area contributed by atoms with Gasteiger partial charge in [0.25, 0.3) is 0 Å². The highest BCUT2D eigenvalue weighted by atomic mass is 28.5. The number of carbonyl (C=O) groups excluding carboxylic acids is 1. The molecule has 9 heteroatoms. The molecule has 2 rings (SSSR count). The Hall–Kier alpha value is -0.819. The van der Waals surface area contributed by atoms with Crippen LogP contribution in [0.2, 0.25) is 45.8 Å². The Morgan fingerprint density at radius 1 is 0.879 bits per heavy atom. The highest BCUT2D eigenvalue weighted by molar-refractivity contribution is 6.87. The summed E-state index contributed by atoms with van der Waals surface area (Å²) in [5.74, 6) is 0.499. The molecule has 190 valence electrons. The van der Waals surface area contributed by atoms with Crippen LogP contribution in [0, 0.1) is 0 Å². The zero-order valence-corrected chi connectivity index (χ0v) is 24.0. The number of ketones is 1. The van der Waals surface area contributed by atoms with Gasteiger partial charge in [-0.3, -0.25) is 4.79 Å². The molecular formula is C24H46O6Si3. The molecule has 1 aromatic rings. The smallest absolute Gasteiger partial charge is 0.341 e. The summed E-state index contributed by atoms with van der Waals surface area (Å²) in [5, 5.41) is 10.7. The van der Waals surface area contributed by atoms with E-state index in [-0.39, 0.29) is 13.2 Å². The number of carbonyl (C=O) groups is 1. The van der Waals surface area contributed by atoms with E-state index in [9.17, 15) is 9.90 Å². The van der Waals surface area contributed by atoms with Crippen LogP contribution in [0.15, 0.2) is 24.3 Å². The lowest BCUT2D eigenvalue weighted by molar-refractivity contribution is 0.0116. The SMILES string of the molecule is C.C[Si](C)(C)O[Si](C)(COCCOc1ccc(C(=O)C2(O)CCCCC2)cc1)O[Si](C)(C)C. The van der Waals surface area contributed by atoms with Crippen molar-refractivity contribution in [2.75, 3.05) is 19.4 Å². The van der Waals surface area contributed by atoms with E-state index in [4.69, 9.17) is 17.7 Å². The minimum absolute atomic E-state index is 0. The van der Waals surface area contributed by atoms with E-state index in [0.717, 1.165) is 19.3 Å². The number of rotatable bonds is 12. The Morgan fingerprint density at radius 3 is 1.88 bits per heavy atom. The van der Waals surface area contributed by atoms with E-state index < -0.39 is 30.8 Å². The molecule has 1 saturated carbocycles. The van der Waals surface area contributed by atoms with Crippen molar-refractivity contribution in [2.45, 2.75) is 91.0 Å². The second kappa shape index (κ2) is 12.2. The van der Waals surface area contributed by atoms with Crippen LogP contribution >= 0.6 is 0 Å². The van der Waals surface area contributed by atoms with Gasteiger partial charge in [0.2, 0.25) is 0 Å². The van der Waals surface area contributed by atoms with Crippen molar-refractivity contribution in [2.24, 2.45) is 0 Å². The van der Waals surface area contributed by atoms with Gasteiger partial charge in [0.15, 0.2) is 22.4 Å². The second-order valence-electron chi connectivity index (χ2n) is 10.9. The van der Waals surface area contributed by atoms with Crippen molar-refractivity contribution in [1.29, 1.82) is 0 Å². The zero-order valence-electron chi connectivity index (χ0n) is 21.0. The number of aliphatic hydroxyl groups is 1. The van der Waals surface area contributed by atoms with Crippen LogP contribution in [-0.2, 0) is 13.0 Å². The lowest BCUT2D eigenvalue weighted by atomic mass is 9.79. The van der Waals surface area contributed by atoms with E-state index >= 15 is 0 Å². The summed E-state index contributed by atoms with van der Waals surface area (Å²) in [6.45, 7) is 16.0. The normalized spacial score (nSPS) is 16.7. The molecule has 1 aromatic carbocycles. The van der Waals surface area contributed by atoms with Crippen LogP contribution in [0.25, 0.3) is 0 Å². The zero-order chi connectivity index (χ0) is 24.0. The van der Waals surface area contributed by atoms with E-state index in [1.807, 2.05) is 0 Å². The molecule has 33 heavy (non-hydrogen) atoms. The lowest BCUT2D eigenvalue weighted by Crippen LogP contribution is -2.56. The average Bonchev–Trinajstić information content (AvgIpc) is 2.65. The summed E-state index contributed by atoms with van der Waals surface area (Å²) in [4.78, 5) is 12.7. The molecule has 6 nitrogen and oxygen atoms in total.